The number of nitrogens with zero attached hydrogens (tertiary/aromatic N) is 3. The molecule has 0 bridgehead atoms. The SMILES string of the molecule is CCn1c(SCC(=O)N[C@H](C)c2ccccc2)nnc1-c1ccccc1. The first kappa shape index (κ1) is 18.2. The second kappa shape index (κ2) is 8.67. The van der Waals surface area contributed by atoms with Gasteiger partial charge in [-0.3, -0.25) is 4.79 Å². The van der Waals surface area contributed by atoms with Crippen LogP contribution in [0.4, 0.5) is 0 Å². The molecule has 2 aromatic carbocycles. The highest BCUT2D eigenvalue weighted by Gasteiger charge is 2.15. The molecule has 1 atom stereocenters. The van der Waals surface area contributed by atoms with E-state index in [0.717, 1.165) is 28.7 Å². The van der Waals surface area contributed by atoms with Gasteiger partial charge >= 0.3 is 0 Å². The second-order valence-electron chi connectivity index (χ2n) is 5.91. The predicted molar refractivity (Wildman–Crippen MR) is 105 cm³/mol. The van der Waals surface area contributed by atoms with Crippen molar-refractivity contribution in [3.05, 3.63) is 66.2 Å². The summed E-state index contributed by atoms with van der Waals surface area (Å²) in [5.74, 6) is 1.12. The zero-order valence-electron chi connectivity index (χ0n) is 14.9. The summed E-state index contributed by atoms with van der Waals surface area (Å²) in [5.41, 5.74) is 2.12. The van der Waals surface area contributed by atoms with Gasteiger partial charge < -0.3 is 9.88 Å². The average molecular weight is 366 g/mol. The number of rotatable bonds is 7. The molecule has 1 amide bonds. The molecule has 26 heavy (non-hydrogen) atoms. The number of carbonyl (C=O) groups is 1. The van der Waals surface area contributed by atoms with E-state index >= 15 is 0 Å². The molecular weight excluding hydrogens is 344 g/mol. The van der Waals surface area contributed by atoms with E-state index in [1.807, 2.05) is 72.2 Å². The predicted octanol–water partition coefficient (Wildman–Crippen LogP) is 3.93. The Labute approximate surface area is 157 Å². The summed E-state index contributed by atoms with van der Waals surface area (Å²) in [6, 6.07) is 19.9. The lowest BCUT2D eigenvalue weighted by Gasteiger charge is -2.14. The van der Waals surface area contributed by atoms with Gasteiger partial charge in [0.05, 0.1) is 11.8 Å². The summed E-state index contributed by atoms with van der Waals surface area (Å²) in [6.07, 6.45) is 0. The van der Waals surface area contributed by atoms with Gasteiger partial charge in [0.15, 0.2) is 11.0 Å². The van der Waals surface area contributed by atoms with E-state index in [-0.39, 0.29) is 11.9 Å². The fraction of sp³-hybridized carbons (Fsp3) is 0.250. The molecule has 0 aliphatic rings. The number of carbonyl (C=O) groups excluding carboxylic acids is 1. The van der Waals surface area contributed by atoms with Crippen molar-refractivity contribution in [3.8, 4) is 11.4 Å². The molecule has 3 aromatic rings. The number of amides is 1. The van der Waals surface area contributed by atoms with Crippen molar-refractivity contribution >= 4 is 17.7 Å². The lowest BCUT2D eigenvalue weighted by atomic mass is 10.1. The smallest absolute Gasteiger partial charge is 0.230 e. The molecule has 0 aliphatic heterocycles. The first-order chi connectivity index (χ1) is 12.7. The van der Waals surface area contributed by atoms with Crippen molar-refractivity contribution in [2.24, 2.45) is 0 Å². The highest BCUT2D eigenvalue weighted by atomic mass is 32.2. The van der Waals surface area contributed by atoms with Gasteiger partial charge in [0.1, 0.15) is 0 Å². The van der Waals surface area contributed by atoms with E-state index in [0.29, 0.717) is 5.75 Å². The van der Waals surface area contributed by atoms with Crippen LogP contribution in [0.5, 0.6) is 0 Å². The Morgan fingerprint density at radius 1 is 1.08 bits per heavy atom. The largest absolute Gasteiger partial charge is 0.349 e. The molecule has 0 aliphatic carbocycles. The monoisotopic (exact) mass is 366 g/mol. The minimum absolute atomic E-state index is 0.0155. The Bertz CT molecular complexity index is 849. The van der Waals surface area contributed by atoms with Gasteiger partial charge in [-0.15, -0.1) is 10.2 Å². The Hall–Kier alpha value is -2.60. The summed E-state index contributed by atoms with van der Waals surface area (Å²) in [4.78, 5) is 12.3. The summed E-state index contributed by atoms with van der Waals surface area (Å²) >= 11 is 1.41. The van der Waals surface area contributed by atoms with E-state index < -0.39 is 0 Å². The summed E-state index contributed by atoms with van der Waals surface area (Å²) < 4.78 is 2.04. The van der Waals surface area contributed by atoms with Gasteiger partial charge in [0.2, 0.25) is 5.91 Å². The molecule has 0 unspecified atom stereocenters. The summed E-state index contributed by atoms with van der Waals surface area (Å²) in [6.45, 7) is 4.79. The number of thioether (sulfide) groups is 1. The van der Waals surface area contributed by atoms with Crippen LogP contribution in [0.15, 0.2) is 65.8 Å². The zero-order chi connectivity index (χ0) is 18.4. The molecule has 1 aromatic heterocycles. The number of aromatic nitrogens is 3. The summed E-state index contributed by atoms with van der Waals surface area (Å²) in [5, 5.41) is 12.4. The van der Waals surface area contributed by atoms with Crippen LogP contribution in [-0.4, -0.2) is 26.4 Å². The third-order valence-electron chi connectivity index (χ3n) is 4.07. The maximum absolute atomic E-state index is 12.3. The molecule has 0 fully saturated rings. The number of benzene rings is 2. The molecule has 5 nitrogen and oxygen atoms in total. The number of nitrogens with one attached hydrogen (secondary N) is 1. The van der Waals surface area contributed by atoms with Gasteiger partial charge in [0, 0.05) is 12.1 Å². The van der Waals surface area contributed by atoms with Gasteiger partial charge in [0.25, 0.3) is 0 Å². The molecule has 1 heterocycles. The van der Waals surface area contributed by atoms with Gasteiger partial charge in [-0.1, -0.05) is 72.4 Å². The molecular formula is C20H22N4OS. The van der Waals surface area contributed by atoms with Gasteiger partial charge in [-0.2, -0.15) is 0 Å². The standard InChI is InChI=1S/C20H22N4OS/c1-3-24-19(17-12-8-5-9-13-17)22-23-20(24)26-14-18(25)21-15(2)16-10-6-4-7-11-16/h4-13,15H,3,14H2,1-2H3,(H,21,25)/t15-/m1/s1. The Kier molecular flexibility index (Phi) is 6.07. The molecule has 3 rings (SSSR count). The first-order valence-electron chi connectivity index (χ1n) is 8.64. The van der Waals surface area contributed by atoms with Crippen molar-refractivity contribution in [1.82, 2.24) is 20.1 Å². The quantitative estimate of drug-likeness (QED) is 0.644. The maximum Gasteiger partial charge on any atom is 0.230 e. The van der Waals surface area contributed by atoms with Crippen LogP contribution in [0.1, 0.15) is 25.5 Å². The van der Waals surface area contributed by atoms with Crippen LogP contribution < -0.4 is 5.32 Å². The van der Waals surface area contributed by atoms with E-state index in [2.05, 4.69) is 22.4 Å². The van der Waals surface area contributed by atoms with Crippen LogP contribution >= 0.6 is 11.8 Å². The van der Waals surface area contributed by atoms with Crippen molar-refractivity contribution in [2.75, 3.05) is 5.75 Å². The molecule has 1 N–H and O–H groups in total. The minimum atomic E-state index is -0.0202. The second-order valence-corrected chi connectivity index (χ2v) is 6.85. The van der Waals surface area contributed by atoms with Crippen LogP contribution in [0.25, 0.3) is 11.4 Å². The lowest BCUT2D eigenvalue weighted by molar-refractivity contribution is -0.119. The van der Waals surface area contributed by atoms with E-state index in [1.54, 1.807) is 0 Å². The van der Waals surface area contributed by atoms with Crippen LogP contribution in [-0.2, 0) is 11.3 Å². The molecule has 0 spiro atoms. The topological polar surface area (TPSA) is 59.8 Å². The Balaban J connectivity index is 1.63. The van der Waals surface area contributed by atoms with E-state index in [1.165, 1.54) is 11.8 Å². The zero-order valence-corrected chi connectivity index (χ0v) is 15.7. The van der Waals surface area contributed by atoms with E-state index in [9.17, 15) is 4.79 Å². The van der Waals surface area contributed by atoms with Crippen LogP contribution in [0.3, 0.4) is 0 Å². The van der Waals surface area contributed by atoms with Crippen molar-refractivity contribution in [2.45, 2.75) is 31.6 Å². The van der Waals surface area contributed by atoms with Crippen LogP contribution in [0, 0.1) is 0 Å². The highest BCUT2D eigenvalue weighted by molar-refractivity contribution is 7.99. The number of hydrogen-bond donors (Lipinski definition) is 1. The van der Waals surface area contributed by atoms with Crippen molar-refractivity contribution in [3.63, 3.8) is 0 Å². The van der Waals surface area contributed by atoms with Gasteiger partial charge in [-0.25, -0.2) is 0 Å². The molecule has 0 radical (unpaired) electrons. The van der Waals surface area contributed by atoms with E-state index in [4.69, 9.17) is 0 Å². The maximum atomic E-state index is 12.3. The molecule has 6 heteroatoms. The third-order valence-corrected chi connectivity index (χ3v) is 5.04. The normalized spacial score (nSPS) is 11.9. The van der Waals surface area contributed by atoms with Crippen molar-refractivity contribution in [1.29, 1.82) is 0 Å². The minimum Gasteiger partial charge on any atom is -0.349 e. The molecule has 134 valence electrons. The van der Waals surface area contributed by atoms with Crippen molar-refractivity contribution < 1.29 is 4.79 Å². The Morgan fingerprint density at radius 2 is 1.73 bits per heavy atom. The third kappa shape index (κ3) is 4.32. The lowest BCUT2D eigenvalue weighted by Crippen LogP contribution is -2.28. The fourth-order valence-electron chi connectivity index (χ4n) is 2.72. The Morgan fingerprint density at radius 3 is 2.38 bits per heavy atom. The van der Waals surface area contributed by atoms with Crippen LogP contribution in [0.2, 0.25) is 0 Å². The fourth-order valence-corrected chi connectivity index (χ4v) is 3.53. The molecule has 0 saturated heterocycles. The summed E-state index contributed by atoms with van der Waals surface area (Å²) in [7, 11) is 0. The highest BCUT2D eigenvalue weighted by Crippen LogP contribution is 2.23. The molecule has 0 saturated carbocycles. The van der Waals surface area contributed by atoms with Gasteiger partial charge in [-0.05, 0) is 19.4 Å². The first-order valence-corrected chi connectivity index (χ1v) is 9.63. The number of hydrogen-bond acceptors (Lipinski definition) is 4. The average Bonchev–Trinajstić information content (AvgIpc) is 3.10.